The molecule has 2 aromatic rings. The zero-order valence-corrected chi connectivity index (χ0v) is 17.3. The molecule has 1 spiro atoms. The maximum atomic E-state index is 12.8. The minimum Gasteiger partial charge on any atom is -0.339 e. The van der Waals surface area contributed by atoms with Crippen molar-refractivity contribution in [2.45, 2.75) is 37.4 Å². The van der Waals surface area contributed by atoms with Crippen molar-refractivity contribution in [3.05, 3.63) is 35.2 Å². The third-order valence-electron chi connectivity index (χ3n) is 5.62. The fourth-order valence-electron chi connectivity index (χ4n) is 4.07. The molecule has 2 fully saturated rings. The van der Waals surface area contributed by atoms with E-state index in [1.165, 1.54) is 0 Å². The Labute approximate surface area is 169 Å². The molecule has 1 amide bonds. The number of amides is 1. The Morgan fingerprint density at radius 3 is 2.64 bits per heavy atom. The number of aromatic nitrogens is 2. The van der Waals surface area contributed by atoms with Crippen molar-refractivity contribution in [3.8, 4) is 11.4 Å². The molecule has 4 rings (SSSR count). The number of likely N-dealkylation sites (tertiary alicyclic amines) is 1. The van der Waals surface area contributed by atoms with Crippen LogP contribution in [0.1, 0.15) is 38.5 Å². The van der Waals surface area contributed by atoms with E-state index in [1.807, 2.05) is 13.8 Å². The summed E-state index contributed by atoms with van der Waals surface area (Å²) in [5.74, 6) is 0.629. The van der Waals surface area contributed by atoms with Crippen molar-refractivity contribution in [2.24, 2.45) is 5.92 Å². The molecule has 1 aromatic carbocycles. The van der Waals surface area contributed by atoms with Gasteiger partial charge in [0, 0.05) is 30.1 Å². The number of hydrogen-bond acceptors (Lipinski definition) is 6. The molecule has 0 bridgehead atoms. The third kappa shape index (κ3) is 3.12. The second-order valence-electron chi connectivity index (χ2n) is 8.04. The Morgan fingerprint density at radius 2 is 2.00 bits per heavy atom. The average Bonchev–Trinajstić information content (AvgIpc) is 3.15. The van der Waals surface area contributed by atoms with Crippen LogP contribution in [0.25, 0.3) is 11.4 Å². The first-order valence-corrected chi connectivity index (χ1v) is 11.3. The molecule has 3 heterocycles. The van der Waals surface area contributed by atoms with Gasteiger partial charge in [-0.25, -0.2) is 8.42 Å². The number of rotatable bonds is 4. The number of sulfone groups is 1. The van der Waals surface area contributed by atoms with Crippen molar-refractivity contribution < 1.29 is 17.7 Å². The van der Waals surface area contributed by atoms with E-state index in [4.69, 9.17) is 16.1 Å². The van der Waals surface area contributed by atoms with Gasteiger partial charge in [0.25, 0.3) is 0 Å². The van der Waals surface area contributed by atoms with Crippen molar-refractivity contribution in [1.82, 2.24) is 15.0 Å². The molecule has 2 aliphatic heterocycles. The third-order valence-corrected chi connectivity index (χ3v) is 8.43. The number of halogens is 1. The minimum absolute atomic E-state index is 0.00569. The summed E-state index contributed by atoms with van der Waals surface area (Å²) in [7, 11) is -3.34. The van der Waals surface area contributed by atoms with Crippen molar-refractivity contribution in [3.63, 3.8) is 0 Å². The second-order valence-corrected chi connectivity index (χ2v) is 10.9. The molecule has 28 heavy (non-hydrogen) atoms. The summed E-state index contributed by atoms with van der Waals surface area (Å²) in [5.41, 5.74) is 0.747. The summed E-state index contributed by atoms with van der Waals surface area (Å²) in [6, 6.07) is 7.04. The van der Waals surface area contributed by atoms with Gasteiger partial charge in [-0.15, -0.1) is 0 Å². The van der Waals surface area contributed by atoms with E-state index in [0.29, 0.717) is 29.6 Å². The Kier molecular flexibility index (Phi) is 4.74. The van der Waals surface area contributed by atoms with E-state index < -0.39 is 20.5 Å². The lowest BCUT2D eigenvalue weighted by atomic mass is 9.82. The SMILES string of the molecule is CC(C)CC(=O)N1CC2(C1)C(c1nc(-c3ccc(Cl)cc3)no1)CCS2(=O)=O. The van der Waals surface area contributed by atoms with Crippen molar-refractivity contribution in [1.29, 1.82) is 0 Å². The van der Waals surface area contributed by atoms with Crippen LogP contribution >= 0.6 is 11.6 Å². The Morgan fingerprint density at radius 1 is 1.32 bits per heavy atom. The van der Waals surface area contributed by atoms with Gasteiger partial charge in [0.1, 0.15) is 4.75 Å². The van der Waals surface area contributed by atoms with E-state index in [9.17, 15) is 13.2 Å². The average molecular weight is 424 g/mol. The van der Waals surface area contributed by atoms with Crippen molar-refractivity contribution >= 4 is 27.3 Å². The minimum atomic E-state index is -3.34. The number of nitrogens with zero attached hydrogens (tertiary/aromatic N) is 3. The topological polar surface area (TPSA) is 93.4 Å². The summed E-state index contributed by atoms with van der Waals surface area (Å²) in [5, 5.41) is 4.63. The Bertz CT molecular complexity index is 994. The molecule has 7 nitrogen and oxygen atoms in total. The first-order valence-electron chi connectivity index (χ1n) is 9.31. The highest BCUT2D eigenvalue weighted by atomic mass is 35.5. The Hall–Kier alpha value is -1.93. The highest BCUT2D eigenvalue weighted by molar-refractivity contribution is 7.93. The predicted octanol–water partition coefficient (Wildman–Crippen LogP) is 2.92. The largest absolute Gasteiger partial charge is 0.339 e. The predicted molar refractivity (Wildman–Crippen MR) is 105 cm³/mol. The molecule has 1 aromatic heterocycles. The van der Waals surface area contributed by atoms with Crippen molar-refractivity contribution in [2.75, 3.05) is 18.8 Å². The van der Waals surface area contributed by atoms with Crippen LogP contribution in [0.2, 0.25) is 5.02 Å². The van der Waals surface area contributed by atoms with E-state index >= 15 is 0 Å². The second kappa shape index (κ2) is 6.84. The highest BCUT2D eigenvalue weighted by Crippen LogP contribution is 2.49. The fraction of sp³-hybridized carbons (Fsp3) is 0.526. The molecular formula is C19H22ClN3O4S. The monoisotopic (exact) mass is 423 g/mol. The molecule has 1 atom stereocenters. The maximum absolute atomic E-state index is 12.8. The van der Waals surface area contributed by atoms with Gasteiger partial charge in [0.05, 0.1) is 11.7 Å². The quantitative estimate of drug-likeness (QED) is 0.750. The smallest absolute Gasteiger partial charge is 0.231 e. The van der Waals surface area contributed by atoms with Gasteiger partial charge in [-0.05, 0) is 36.6 Å². The van der Waals surface area contributed by atoms with E-state index in [1.54, 1.807) is 29.2 Å². The van der Waals surface area contributed by atoms with E-state index in [-0.39, 0.29) is 30.7 Å². The molecule has 0 radical (unpaired) electrons. The summed E-state index contributed by atoms with van der Waals surface area (Å²) < 4.78 is 30.1. The number of benzene rings is 1. The first kappa shape index (κ1) is 19.4. The molecular weight excluding hydrogens is 402 g/mol. The molecule has 0 saturated carbocycles. The zero-order chi connectivity index (χ0) is 20.1. The lowest BCUT2D eigenvalue weighted by molar-refractivity contribution is -0.137. The van der Waals surface area contributed by atoms with Crippen LogP contribution in [0.4, 0.5) is 0 Å². The van der Waals surface area contributed by atoms with Gasteiger partial charge in [0.15, 0.2) is 9.84 Å². The van der Waals surface area contributed by atoms with Crippen LogP contribution in [0.5, 0.6) is 0 Å². The van der Waals surface area contributed by atoms with Gasteiger partial charge >= 0.3 is 0 Å². The summed E-state index contributed by atoms with van der Waals surface area (Å²) in [4.78, 5) is 18.4. The van der Waals surface area contributed by atoms with Crippen LogP contribution in [-0.2, 0) is 14.6 Å². The van der Waals surface area contributed by atoms with Gasteiger partial charge < -0.3 is 9.42 Å². The highest BCUT2D eigenvalue weighted by Gasteiger charge is 2.64. The standard InChI is InChI=1S/C19H22ClN3O4S/c1-12(2)9-16(24)23-10-19(11-23)15(7-8-28(19,25)26)18-21-17(22-27-18)13-3-5-14(20)6-4-13/h3-6,12,15H,7-11H2,1-2H3. The van der Waals surface area contributed by atoms with Gasteiger partial charge in [-0.2, -0.15) is 4.98 Å². The van der Waals surface area contributed by atoms with Gasteiger partial charge in [0.2, 0.25) is 17.6 Å². The van der Waals surface area contributed by atoms with Gasteiger partial charge in [-0.1, -0.05) is 30.6 Å². The molecule has 2 aliphatic rings. The lowest BCUT2D eigenvalue weighted by Crippen LogP contribution is -2.67. The zero-order valence-electron chi connectivity index (χ0n) is 15.8. The van der Waals surface area contributed by atoms with Gasteiger partial charge in [-0.3, -0.25) is 4.79 Å². The van der Waals surface area contributed by atoms with E-state index in [2.05, 4.69) is 10.1 Å². The molecule has 0 aliphatic carbocycles. The summed E-state index contributed by atoms with van der Waals surface area (Å²) in [6.07, 6.45) is 0.846. The molecule has 2 saturated heterocycles. The molecule has 1 unspecified atom stereocenters. The molecule has 9 heteroatoms. The number of hydrogen-bond donors (Lipinski definition) is 0. The van der Waals surface area contributed by atoms with Crippen LogP contribution < -0.4 is 0 Å². The van der Waals surface area contributed by atoms with Crippen LogP contribution in [-0.4, -0.2) is 53.0 Å². The Balaban J connectivity index is 1.58. The van der Waals surface area contributed by atoms with Crippen LogP contribution in [0, 0.1) is 5.92 Å². The normalized spacial score (nSPS) is 22.6. The fourth-order valence-corrected chi connectivity index (χ4v) is 6.50. The maximum Gasteiger partial charge on any atom is 0.231 e. The first-order chi connectivity index (χ1) is 13.2. The van der Waals surface area contributed by atoms with E-state index in [0.717, 1.165) is 5.56 Å². The lowest BCUT2D eigenvalue weighted by Gasteiger charge is -2.49. The van der Waals surface area contributed by atoms with Crippen LogP contribution in [0.3, 0.4) is 0 Å². The van der Waals surface area contributed by atoms with Crippen LogP contribution in [0.15, 0.2) is 28.8 Å². The summed E-state index contributed by atoms with van der Waals surface area (Å²) >= 11 is 5.91. The molecule has 0 N–H and O–H groups in total. The summed E-state index contributed by atoms with van der Waals surface area (Å²) in [6.45, 7) is 4.34. The molecule has 150 valence electrons. The number of carbonyl (C=O) groups excluding carboxylic acids is 1. The number of carbonyl (C=O) groups is 1.